The Morgan fingerprint density at radius 3 is 2.67 bits per heavy atom. The number of ether oxygens (including phenoxy) is 2. The largest absolute Gasteiger partial charge is 0.487 e. The molecule has 2 aliphatic rings. The Balaban J connectivity index is 1.93. The Morgan fingerprint density at radius 1 is 1.22 bits per heavy atom. The van der Waals surface area contributed by atoms with Crippen molar-refractivity contribution < 1.29 is 9.47 Å². The molecular formula is C14H20N2O2. The van der Waals surface area contributed by atoms with Crippen molar-refractivity contribution in [3.8, 4) is 5.75 Å². The van der Waals surface area contributed by atoms with Crippen LogP contribution < -0.4 is 15.4 Å². The average Bonchev–Trinajstić information content (AvgIpc) is 2.62. The Bertz CT molecular complexity index is 465. The van der Waals surface area contributed by atoms with E-state index in [0.29, 0.717) is 0 Å². The molecule has 0 amide bonds. The lowest BCUT2D eigenvalue weighted by Crippen LogP contribution is -2.36. The highest BCUT2D eigenvalue weighted by Crippen LogP contribution is 2.40. The average molecular weight is 248 g/mol. The fourth-order valence-electron chi connectivity index (χ4n) is 2.74. The van der Waals surface area contributed by atoms with Gasteiger partial charge in [-0.2, -0.15) is 0 Å². The van der Waals surface area contributed by atoms with E-state index in [2.05, 4.69) is 30.9 Å². The minimum atomic E-state index is -0.113. The highest BCUT2D eigenvalue weighted by atomic mass is 16.5. The lowest BCUT2D eigenvalue weighted by atomic mass is 10.0. The minimum Gasteiger partial charge on any atom is -0.487 e. The number of anilines is 2. The predicted octanol–water partition coefficient (Wildman–Crippen LogP) is 1.82. The molecule has 0 unspecified atom stereocenters. The van der Waals surface area contributed by atoms with Crippen LogP contribution >= 0.6 is 0 Å². The molecule has 1 aromatic carbocycles. The van der Waals surface area contributed by atoms with Gasteiger partial charge in [-0.05, 0) is 19.9 Å². The molecule has 1 fully saturated rings. The summed E-state index contributed by atoms with van der Waals surface area (Å²) >= 11 is 0. The molecule has 1 aromatic rings. The number of nitrogen functional groups attached to an aromatic ring is 1. The zero-order valence-electron chi connectivity index (χ0n) is 11.0. The summed E-state index contributed by atoms with van der Waals surface area (Å²) in [4.78, 5) is 2.27. The van der Waals surface area contributed by atoms with Crippen molar-refractivity contribution in [3.63, 3.8) is 0 Å². The van der Waals surface area contributed by atoms with Crippen molar-refractivity contribution in [1.29, 1.82) is 0 Å². The molecular weight excluding hydrogens is 228 g/mol. The van der Waals surface area contributed by atoms with Gasteiger partial charge in [-0.3, -0.25) is 0 Å². The molecule has 0 bridgehead atoms. The van der Waals surface area contributed by atoms with Crippen LogP contribution in [0, 0.1) is 0 Å². The van der Waals surface area contributed by atoms with Gasteiger partial charge in [0.25, 0.3) is 0 Å². The molecule has 98 valence electrons. The topological polar surface area (TPSA) is 47.7 Å². The van der Waals surface area contributed by atoms with Gasteiger partial charge in [-0.25, -0.2) is 0 Å². The van der Waals surface area contributed by atoms with E-state index < -0.39 is 0 Å². The summed E-state index contributed by atoms with van der Waals surface area (Å²) in [5.74, 6) is 0.982. The zero-order chi connectivity index (χ0) is 12.8. The summed E-state index contributed by atoms with van der Waals surface area (Å²) in [7, 11) is 0. The number of benzene rings is 1. The number of hydrogen-bond acceptors (Lipinski definition) is 4. The Kier molecular flexibility index (Phi) is 2.63. The molecule has 2 heterocycles. The molecule has 0 radical (unpaired) electrons. The summed E-state index contributed by atoms with van der Waals surface area (Å²) < 4.78 is 11.3. The second-order valence-corrected chi connectivity index (χ2v) is 5.66. The third-order valence-electron chi connectivity index (χ3n) is 3.56. The third-order valence-corrected chi connectivity index (χ3v) is 3.56. The quantitative estimate of drug-likeness (QED) is 0.770. The van der Waals surface area contributed by atoms with Crippen LogP contribution in [-0.4, -0.2) is 31.9 Å². The van der Waals surface area contributed by atoms with Gasteiger partial charge in [0, 0.05) is 31.1 Å². The van der Waals surface area contributed by atoms with Gasteiger partial charge < -0.3 is 20.1 Å². The Morgan fingerprint density at radius 2 is 1.94 bits per heavy atom. The fraction of sp³-hybridized carbons (Fsp3) is 0.571. The fourth-order valence-corrected chi connectivity index (χ4v) is 2.74. The maximum absolute atomic E-state index is 6.17. The monoisotopic (exact) mass is 248 g/mol. The zero-order valence-corrected chi connectivity index (χ0v) is 11.0. The first-order valence-electron chi connectivity index (χ1n) is 6.49. The SMILES string of the molecule is CC1(C)Cc2cc(N)c(N3CCOCC3)cc2O1. The van der Waals surface area contributed by atoms with Crippen molar-refractivity contribution >= 4 is 11.4 Å². The number of hydrogen-bond donors (Lipinski definition) is 1. The summed E-state index contributed by atoms with van der Waals surface area (Å²) in [6, 6.07) is 4.15. The van der Waals surface area contributed by atoms with E-state index in [1.54, 1.807) is 0 Å². The molecule has 0 aromatic heterocycles. The number of morpholine rings is 1. The molecule has 2 aliphatic heterocycles. The molecule has 0 spiro atoms. The van der Waals surface area contributed by atoms with Crippen LogP contribution in [0.15, 0.2) is 12.1 Å². The van der Waals surface area contributed by atoms with Gasteiger partial charge in [0.15, 0.2) is 0 Å². The van der Waals surface area contributed by atoms with E-state index >= 15 is 0 Å². The first kappa shape index (κ1) is 11.7. The normalized spacial score (nSPS) is 21.6. The van der Waals surface area contributed by atoms with Gasteiger partial charge in [-0.1, -0.05) is 0 Å². The predicted molar refractivity (Wildman–Crippen MR) is 72.3 cm³/mol. The smallest absolute Gasteiger partial charge is 0.125 e. The van der Waals surface area contributed by atoms with E-state index in [1.165, 1.54) is 5.56 Å². The minimum absolute atomic E-state index is 0.113. The van der Waals surface area contributed by atoms with E-state index in [1.807, 2.05) is 0 Å². The molecule has 3 rings (SSSR count). The molecule has 0 atom stereocenters. The second kappa shape index (κ2) is 4.05. The first-order valence-corrected chi connectivity index (χ1v) is 6.49. The summed E-state index contributed by atoms with van der Waals surface area (Å²) in [6.07, 6.45) is 0.927. The van der Waals surface area contributed by atoms with Gasteiger partial charge in [-0.15, -0.1) is 0 Å². The molecule has 4 nitrogen and oxygen atoms in total. The first-order chi connectivity index (χ1) is 8.55. The molecule has 1 saturated heterocycles. The van der Waals surface area contributed by atoms with Crippen molar-refractivity contribution in [2.24, 2.45) is 0 Å². The maximum Gasteiger partial charge on any atom is 0.125 e. The molecule has 18 heavy (non-hydrogen) atoms. The second-order valence-electron chi connectivity index (χ2n) is 5.66. The van der Waals surface area contributed by atoms with Crippen LogP contribution in [0.4, 0.5) is 11.4 Å². The van der Waals surface area contributed by atoms with Gasteiger partial charge >= 0.3 is 0 Å². The van der Waals surface area contributed by atoms with Crippen LogP contribution in [-0.2, 0) is 11.2 Å². The van der Waals surface area contributed by atoms with Crippen LogP contribution in [0.2, 0.25) is 0 Å². The molecule has 2 N–H and O–H groups in total. The van der Waals surface area contributed by atoms with E-state index in [4.69, 9.17) is 15.2 Å². The van der Waals surface area contributed by atoms with Crippen molar-refractivity contribution in [3.05, 3.63) is 17.7 Å². The highest BCUT2D eigenvalue weighted by Gasteiger charge is 2.31. The Hall–Kier alpha value is -1.42. The lowest BCUT2D eigenvalue weighted by molar-refractivity contribution is 0.122. The van der Waals surface area contributed by atoms with E-state index in [-0.39, 0.29) is 5.60 Å². The van der Waals surface area contributed by atoms with Crippen molar-refractivity contribution in [2.75, 3.05) is 36.9 Å². The summed E-state index contributed by atoms with van der Waals surface area (Å²) in [5.41, 5.74) is 9.20. The third kappa shape index (κ3) is 2.01. The number of fused-ring (bicyclic) bond motifs is 1. The van der Waals surface area contributed by atoms with Crippen LogP contribution in [0.3, 0.4) is 0 Å². The summed E-state index contributed by atoms with van der Waals surface area (Å²) in [6.45, 7) is 7.54. The van der Waals surface area contributed by atoms with Gasteiger partial charge in [0.2, 0.25) is 0 Å². The molecule has 4 heteroatoms. The van der Waals surface area contributed by atoms with Crippen molar-refractivity contribution in [2.45, 2.75) is 25.9 Å². The van der Waals surface area contributed by atoms with E-state index in [0.717, 1.165) is 49.8 Å². The van der Waals surface area contributed by atoms with Gasteiger partial charge in [0.1, 0.15) is 11.4 Å². The van der Waals surface area contributed by atoms with Gasteiger partial charge in [0.05, 0.1) is 24.6 Å². The molecule has 0 aliphatic carbocycles. The van der Waals surface area contributed by atoms with Crippen molar-refractivity contribution in [1.82, 2.24) is 0 Å². The van der Waals surface area contributed by atoms with Crippen LogP contribution in [0.1, 0.15) is 19.4 Å². The number of rotatable bonds is 1. The maximum atomic E-state index is 6.17. The summed E-state index contributed by atoms with van der Waals surface area (Å²) in [5, 5.41) is 0. The van der Waals surface area contributed by atoms with Crippen LogP contribution in [0.25, 0.3) is 0 Å². The van der Waals surface area contributed by atoms with Crippen LogP contribution in [0.5, 0.6) is 5.75 Å². The number of nitrogens with zero attached hydrogens (tertiary/aromatic N) is 1. The Labute approximate surface area is 108 Å². The van der Waals surface area contributed by atoms with E-state index in [9.17, 15) is 0 Å². The number of nitrogens with two attached hydrogens (primary N) is 1. The standard InChI is InChI=1S/C14H20N2O2/c1-14(2)9-10-7-11(15)12(8-13(10)18-14)16-3-5-17-6-4-16/h7-8H,3-6,9,15H2,1-2H3. The lowest BCUT2D eigenvalue weighted by Gasteiger charge is -2.30. The highest BCUT2D eigenvalue weighted by molar-refractivity contribution is 5.72. The molecule has 0 saturated carbocycles.